The molecule has 0 saturated carbocycles. The third kappa shape index (κ3) is 7.82. The van der Waals surface area contributed by atoms with Crippen LogP contribution >= 0.6 is 0 Å². The zero-order valence-electron chi connectivity index (χ0n) is 18.2. The van der Waals surface area contributed by atoms with Crippen molar-refractivity contribution in [1.82, 2.24) is 9.88 Å². The highest BCUT2D eigenvalue weighted by Gasteiger charge is 2.18. The first-order chi connectivity index (χ1) is 15.6. The van der Waals surface area contributed by atoms with Crippen molar-refractivity contribution in [3.8, 4) is 12.3 Å². The molecule has 1 amide bonds. The van der Waals surface area contributed by atoms with Crippen LogP contribution in [0.3, 0.4) is 0 Å². The molecular formula is C25H30N4O3. The standard InChI is InChI=1S/C25H30N4O3/c1-2-17-32-20-23(30)19-28-13-6-14-29(16-15-28)24-11-10-22(18-26-24)27-25(31)12-9-21-7-4-3-5-8-21/h1,3-5,7-12,18,23,30H,6,13-17,19-20H2,(H,27,31)/b12-9+. The number of hydrogen-bond donors (Lipinski definition) is 2. The molecule has 32 heavy (non-hydrogen) atoms. The first-order valence-electron chi connectivity index (χ1n) is 10.8. The maximum Gasteiger partial charge on any atom is 0.248 e. The van der Waals surface area contributed by atoms with Gasteiger partial charge in [-0.05, 0) is 36.7 Å². The lowest BCUT2D eigenvalue weighted by Gasteiger charge is -2.24. The second-order valence-electron chi connectivity index (χ2n) is 7.65. The van der Waals surface area contributed by atoms with E-state index in [0.717, 1.165) is 44.0 Å². The van der Waals surface area contributed by atoms with E-state index in [4.69, 9.17) is 11.2 Å². The Morgan fingerprint density at radius 2 is 2.06 bits per heavy atom. The summed E-state index contributed by atoms with van der Waals surface area (Å²) in [6.45, 7) is 4.47. The summed E-state index contributed by atoms with van der Waals surface area (Å²) in [5.74, 6) is 3.08. The van der Waals surface area contributed by atoms with Gasteiger partial charge in [-0.1, -0.05) is 36.3 Å². The number of amides is 1. The Balaban J connectivity index is 1.46. The van der Waals surface area contributed by atoms with Crippen molar-refractivity contribution in [2.45, 2.75) is 12.5 Å². The molecule has 3 rings (SSSR count). The van der Waals surface area contributed by atoms with E-state index >= 15 is 0 Å². The van der Waals surface area contributed by atoms with Crippen molar-refractivity contribution in [1.29, 1.82) is 0 Å². The molecule has 7 heteroatoms. The lowest BCUT2D eigenvalue weighted by molar-refractivity contribution is -0.111. The maximum atomic E-state index is 12.1. The van der Waals surface area contributed by atoms with Crippen LogP contribution in [0.2, 0.25) is 0 Å². The number of anilines is 2. The maximum absolute atomic E-state index is 12.1. The largest absolute Gasteiger partial charge is 0.389 e. The quantitative estimate of drug-likeness (QED) is 0.358. The molecule has 0 spiro atoms. The summed E-state index contributed by atoms with van der Waals surface area (Å²) in [6.07, 6.45) is 10.5. The number of nitrogens with one attached hydrogen (secondary N) is 1. The predicted molar refractivity (Wildman–Crippen MR) is 127 cm³/mol. The minimum atomic E-state index is -0.549. The van der Waals surface area contributed by atoms with E-state index in [1.54, 1.807) is 12.3 Å². The zero-order valence-corrected chi connectivity index (χ0v) is 18.2. The molecule has 1 aliphatic heterocycles. The van der Waals surface area contributed by atoms with E-state index in [-0.39, 0.29) is 19.1 Å². The van der Waals surface area contributed by atoms with Crippen molar-refractivity contribution < 1.29 is 14.6 Å². The number of carbonyl (C=O) groups excluding carboxylic acids is 1. The number of aromatic nitrogens is 1. The van der Waals surface area contributed by atoms with Gasteiger partial charge in [-0.15, -0.1) is 6.42 Å². The summed E-state index contributed by atoms with van der Waals surface area (Å²) >= 11 is 0. The molecule has 1 aliphatic rings. The van der Waals surface area contributed by atoms with Crippen LogP contribution in [0.25, 0.3) is 6.08 Å². The number of ether oxygens (including phenoxy) is 1. The Hall–Kier alpha value is -3.18. The highest BCUT2D eigenvalue weighted by Crippen LogP contribution is 2.17. The molecule has 1 atom stereocenters. The monoisotopic (exact) mass is 434 g/mol. The zero-order chi connectivity index (χ0) is 22.6. The molecule has 1 saturated heterocycles. The number of hydrogen-bond acceptors (Lipinski definition) is 6. The van der Waals surface area contributed by atoms with Gasteiger partial charge in [0.1, 0.15) is 12.4 Å². The van der Waals surface area contributed by atoms with Crippen LogP contribution < -0.4 is 10.2 Å². The van der Waals surface area contributed by atoms with E-state index in [1.807, 2.05) is 42.5 Å². The smallest absolute Gasteiger partial charge is 0.248 e. The number of nitrogens with zero attached hydrogens (tertiary/aromatic N) is 3. The summed E-state index contributed by atoms with van der Waals surface area (Å²) in [4.78, 5) is 21.1. The number of rotatable bonds is 9. The number of aliphatic hydroxyl groups excluding tert-OH is 1. The van der Waals surface area contributed by atoms with Crippen molar-refractivity contribution in [2.24, 2.45) is 0 Å². The summed E-state index contributed by atoms with van der Waals surface area (Å²) in [5, 5.41) is 12.9. The number of pyridine rings is 1. The van der Waals surface area contributed by atoms with Crippen molar-refractivity contribution in [3.05, 3.63) is 60.3 Å². The van der Waals surface area contributed by atoms with Crippen LogP contribution in [0.5, 0.6) is 0 Å². The van der Waals surface area contributed by atoms with Crippen LogP contribution in [0.4, 0.5) is 11.5 Å². The fourth-order valence-corrected chi connectivity index (χ4v) is 3.55. The molecule has 1 aromatic heterocycles. The lowest BCUT2D eigenvalue weighted by atomic mass is 10.2. The molecule has 7 nitrogen and oxygen atoms in total. The Labute approximate surface area is 189 Å². The van der Waals surface area contributed by atoms with E-state index in [9.17, 15) is 9.90 Å². The number of β-amino-alcohol motifs (C(OH)–C–C–N with tert-alkyl or cyclic N) is 1. The van der Waals surface area contributed by atoms with Gasteiger partial charge < -0.3 is 20.1 Å². The van der Waals surface area contributed by atoms with Crippen LogP contribution in [0, 0.1) is 12.3 Å². The van der Waals surface area contributed by atoms with Gasteiger partial charge in [0.2, 0.25) is 5.91 Å². The molecule has 168 valence electrons. The SMILES string of the molecule is C#CCOCC(O)CN1CCCN(c2ccc(NC(=O)/C=C/c3ccccc3)cn2)CC1. The molecule has 0 radical (unpaired) electrons. The number of carbonyl (C=O) groups is 1. The summed E-state index contributed by atoms with van der Waals surface area (Å²) in [5.41, 5.74) is 1.63. The molecule has 2 aromatic rings. The predicted octanol–water partition coefficient (Wildman–Crippen LogP) is 2.26. The Kier molecular flexibility index (Phi) is 9.26. The first-order valence-corrected chi connectivity index (χ1v) is 10.8. The van der Waals surface area contributed by atoms with Gasteiger partial charge in [0.15, 0.2) is 0 Å². The topological polar surface area (TPSA) is 77.9 Å². The Morgan fingerprint density at radius 1 is 1.22 bits per heavy atom. The molecular weight excluding hydrogens is 404 g/mol. The van der Waals surface area contributed by atoms with Crippen LogP contribution in [0.15, 0.2) is 54.7 Å². The van der Waals surface area contributed by atoms with Gasteiger partial charge in [0, 0.05) is 32.3 Å². The Morgan fingerprint density at radius 3 is 2.81 bits per heavy atom. The molecule has 2 heterocycles. The summed E-state index contributed by atoms with van der Waals surface area (Å²) < 4.78 is 5.22. The van der Waals surface area contributed by atoms with E-state index in [2.05, 4.69) is 26.0 Å². The summed E-state index contributed by atoms with van der Waals surface area (Å²) in [7, 11) is 0. The second-order valence-corrected chi connectivity index (χ2v) is 7.65. The van der Waals surface area contributed by atoms with E-state index in [0.29, 0.717) is 12.2 Å². The Bertz CT molecular complexity index is 909. The van der Waals surface area contributed by atoms with E-state index < -0.39 is 6.10 Å². The normalized spacial score (nSPS) is 15.8. The summed E-state index contributed by atoms with van der Waals surface area (Å²) in [6, 6.07) is 13.5. The van der Waals surface area contributed by atoms with Crippen molar-refractivity contribution in [3.63, 3.8) is 0 Å². The van der Waals surface area contributed by atoms with Gasteiger partial charge >= 0.3 is 0 Å². The number of benzene rings is 1. The molecule has 0 aliphatic carbocycles. The molecule has 0 bridgehead atoms. The fourth-order valence-electron chi connectivity index (χ4n) is 3.55. The van der Waals surface area contributed by atoms with Crippen molar-refractivity contribution in [2.75, 3.05) is 56.2 Å². The van der Waals surface area contributed by atoms with Crippen LogP contribution in [0.1, 0.15) is 12.0 Å². The molecule has 2 N–H and O–H groups in total. The highest BCUT2D eigenvalue weighted by atomic mass is 16.5. The van der Waals surface area contributed by atoms with Crippen LogP contribution in [-0.4, -0.2) is 72.9 Å². The number of aliphatic hydroxyl groups is 1. The third-order valence-electron chi connectivity index (χ3n) is 5.12. The highest BCUT2D eigenvalue weighted by molar-refractivity contribution is 6.01. The lowest BCUT2D eigenvalue weighted by Crippen LogP contribution is -2.37. The van der Waals surface area contributed by atoms with E-state index in [1.165, 1.54) is 6.08 Å². The fraction of sp³-hybridized carbons (Fsp3) is 0.360. The van der Waals surface area contributed by atoms with Gasteiger partial charge in [0.05, 0.1) is 24.6 Å². The molecule has 1 unspecified atom stereocenters. The minimum absolute atomic E-state index is 0.196. The molecule has 1 aromatic carbocycles. The third-order valence-corrected chi connectivity index (χ3v) is 5.12. The number of terminal acetylenes is 1. The second kappa shape index (κ2) is 12.6. The van der Waals surface area contributed by atoms with Gasteiger partial charge in [-0.3, -0.25) is 9.69 Å². The average molecular weight is 435 g/mol. The average Bonchev–Trinajstić information content (AvgIpc) is 3.05. The van der Waals surface area contributed by atoms with Gasteiger partial charge in [0.25, 0.3) is 0 Å². The van der Waals surface area contributed by atoms with Crippen molar-refractivity contribution >= 4 is 23.5 Å². The van der Waals surface area contributed by atoms with Crippen LogP contribution in [-0.2, 0) is 9.53 Å². The van der Waals surface area contributed by atoms with Gasteiger partial charge in [-0.2, -0.15) is 0 Å². The van der Waals surface area contributed by atoms with Gasteiger partial charge in [-0.25, -0.2) is 4.98 Å². The minimum Gasteiger partial charge on any atom is -0.389 e. The molecule has 1 fully saturated rings. The first kappa shape index (κ1) is 23.5.